The predicted octanol–water partition coefficient (Wildman–Crippen LogP) is 4.71. The maximum atomic E-state index is 13.2. The molecule has 35 heavy (non-hydrogen) atoms. The molecule has 2 heterocycles. The minimum Gasteiger partial charge on any atom is -0.439 e. The van der Waals surface area contributed by atoms with Crippen molar-refractivity contribution in [2.24, 2.45) is 0 Å². The standard InChI is InChI=1S/C23H17F3N6O3/c1-13(33)30-20-10-21(29-12-28-20)35-17-4-5-19-14(8-17)6-7-32(19)22(34)31-16-3-2-15(11-27)18(9-16)23(24,25)26/h2-5,8-10,12H,6-7H2,1H3,(H,31,34)(H,28,29,30,33). The van der Waals surface area contributed by atoms with Crippen LogP contribution in [0.4, 0.5) is 35.2 Å². The number of ether oxygens (including phenoxy) is 1. The van der Waals surface area contributed by atoms with Gasteiger partial charge in [0.25, 0.3) is 0 Å². The molecule has 0 radical (unpaired) electrons. The average molecular weight is 482 g/mol. The van der Waals surface area contributed by atoms with Gasteiger partial charge in [0, 0.05) is 30.9 Å². The van der Waals surface area contributed by atoms with Gasteiger partial charge in [-0.25, -0.2) is 14.8 Å². The van der Waals surface area contributed by atoms with E-state index in [1.54, 1.807) is 18.2 Å². The molecule has 12 heteroatoms. The van der Waals surface area contributed by atoms with Crippen LogP contribution in [-0.4, -0.2) is 28.5 Å². The molecule has 2 aromatic carbocycles. The molecule has 0 bridgehead atoms. The number of nitriles is 1. The summed E-state index contributed by atoms with van der Waals surface area (Å²) >= 11 is 0. The molecule has 0 fully saturated rings. The highest BCUT2D eigenvalue weighted by molar-refractivity contribution is 6.03. The molecule has 9 nitrogen and oxygen atoms in total. The van der Waals surface area contributed by atoms with Crippen molar-refractivity contribution in [3.63, 3.8) is 0 Å². The number of benzene rings is 2. The largest absolute Gasteiger partial charge is 0.439 e. The van der Waals surface area contributed by atoms with Crippen LogP contribution in [0.5, 0.6) is 11.6 Å². The van der Waals surface area contributed by atoms with E-state index in [0.717, 1.165) is 17.7 Å². The van der Waals surface area contributed by atoms with Crippen LogP contribution in [0.15, 0.2) is 48.8 Å². The van der Waals surface area contributed by atoms with Crippen molar-refractivity contribution in [1.82, 2.24) is 9.97 Å². The number of carbonyl (C=O) groups excluding carboxylic acids is 2. The molecule has 0 saturated heterocycles. The Kier molecular flexibility index (Phi) is 6.24. The molecule has 2 N–H and O–H groups in total. The first-order chi connectivity index (χ1) is 16.6. The Labute approximate surface area is 197 Å². The van der Waals surface area contributed by atoms with Crippen LogP contribution in [0.25, 0.3) is 0 Å². The third-order valence-electron chi connectivity index (χ3n) is 5.06. The van der Waals surface area contributed by atoms with Gasteiger partial charge in [-0.3, -0.25) is 9.69 Å². The zero-order chi connectivity index (χ0) is 25.2. The van der Waals surface area contributed by atoms with Gasteiger partial charge in [0.15, 0.2) is 0 Å². The van der Waals surface area contributed by atoms with E-state index in [9.17, 15) is 22.8 Å². The van der Waals surface area contributed by atoms with E-state index < -0.39 is 23.3 Å². The summed E-state index contributed by atoms with van der Waals surface area (Å²) in [6, 6.07) is 10.4. The number of alkyl halides is 3. The summed E-state index contributed by atoms with van der Waals surface area (Å²) in [5.41, 5.74) is -0.338. The summed E-state index contributed by atoms with van der Waals surface area (Å²) in [7, 11) is 0. The van der Waals surface area contributed by atoms with Crippen molar-refractivity contribution in [3.8, 4) is 17.7 Å². The highest BCUT2D eigenvalue weighted by atomic mass is 19.4. The van der Waals surface area contributed by atoms with Crippen molar-refractivity contribution in [3.05, 3.63) is 65.5 Å². The predicted molar refractivity (Wildman–Crippen MR) is 119 cm³/mol. The number of amides is 3. The number of urea groups is 1. The molecule has 3 aromatic rings. The van der Waals surface area contributed by atoms with E-state index in [2.05, 4.69) is 20.6 Å². The van der Waals surface area contributed by atoms with Crippen LogP contribution >= 0.6 is 0 Å². The zero-order valence-corrected chi connectivity index (χ0v) is 18.2. The highest BCUT2D eigenvalue weighted by Crippen LogP contribution is 2.35. The molecular weight excluding hydrogens is 465 g/mol. The third-order valence-corrected chi connectivity index (χ3v) is 5.06. The molecule has 3 amide bonds. The molecule has 0 unspecified atom stereocenters. The Hall–Kier alpha value is -4.66. The number of rotatable bonds is 4. The number of fused-ring (bicyclic) bond motifs is 1. The second-order valence-electron chi connectivity index (χ2n) is 7.52. The van der Waals surface area contributed by atoms with E-state index in [4.69, 9.17) is 10.00 Å². The molecule has 178 valence electrons. The smallest absolute Gasteiger partial charge is 0.417 e. The lowest BCUT2D eigenvalue weighted by Gasteiger charge is -2.19. The lowest BCUT2D eigenvalue weighted by atomic mass is 10.1. The van der Waals surface area contributed by atoms with Crippen molar-refractivity contribution in [1.29, 1.82) is 5.26 Å². The van der Waals surface area contributed by atoms with Crippen molar-refractivity contribution < 1.29 is 27.5 Å². The lowest BCUT2D eigenvalue weighted by Crippen LogP contribution is -2.33. The number of carbonyl (C=O) groups is 2. The van der Waals surface area contributed by atoms with Crippen molar-refractivity contribution in [2.75, 3.05) is 22.1 Å². The normalized spacial score (nSPS) is 12.5. The second kappa shape index (κ2) is 9.30. The molecular formula is C23H17F3N6O3. The van der Waals surface area contributed by atoms with Gasteiger partial charge in [-0.1, -0.05) is 0 Å². The Morgan fingerprint density at radius 2 is 1.91 bits per heavy atom. The first-order valence-corrected chi connectivity index (χ1v) is 10.2. The highest BCUT2D eigenvalue weighted by Gasteiger charge is 2.34. The maximum Gasteiger partial charge on any atom is 0.417 e. The van der Waals surface area contributed by atoms with Crippen molar-refractivity contribution in [2.45, 2.75) is 19.5 Å². The average Bonchev–Trinajstić information content (AvgIpc) is 3.22. The Balaban J connectivity index is 1.49. The van der Waals surface area contributed by atoms with Crippen LogP contribution in [-0.2, 0) is 17.4 Å². The van der Waals surface area contributed by atoms with Crippen LogP contribution < -0.4 is 20.3 Å². The lowest BCUT2D eigenvalue weighted by molar-refractivity contribution is -0.137. The molecule has 1 aliphatic rings. The topological polar surface area (TPSA) is 120 Å². The third kappa shape index (κ3) is 5.30. The SMILES string of the molecule is CC(=O)Nc1cc(Oc2ccc3c(c2)CCN3C(=O)Nc2ccc(C#N)c(C(F)(F)F)c2)ncn1. The molecule has 0 saturated carbocycles. The molecule has 4 rings (SSSR count). The van der Waals surface area contributed by atoms with E-state index in [1.165, 1.54) is 36.4 Å². The van der Waals surface area contributed by atoms with Crippen LogP contribution in [0.3, 0.4) is 0 Å². The maximum absolute atomic E-state index is 13.2. The van der Waals surface area contributed by atoms with E-state index in [0.29, 0.717) is 24.4 Å². The summed E-state index contributed by atoms with van der Waals surface area (Å²) in [5.74, 6) is 0.641. The quantitative estimate of drug-likeness (QED) is 0.556. The number of halogens is 3. The van der Waals surface area contributed by atoms with Gasteiger partial charge in [0.2, 0.25) is 11.8 Å². The molecule has 0 aliphatic carbocycles. The van der Waals surface area contributed by atoms with Gasteiger partial charge in [-0.05, 0) is 48.4 Å². The first kappa shape index (κ1) is 23.5. The van der Waals surface area contributed by atoms with Crippen LogP contribution in [0.2, 0.25) is 0 Å². The Morgan fingerprint density at radius 3 is 2.63 bits per heavy atom. The minimum absolute atomic E-state index is 0.0755. The number of nitrogens with one attached hydrogen (secondary N) is 2. The molecule has 1 aromatic heterocycles. The number of hydrogen-bond acceptors (Lipinski definition) is 6. The molecule has 0 spiro atoms. The summed E-state index contributed by atoms with van der Waals surface area (Å²) in [4.78, 5) is 33.3. The zero-order valence-electron chi connectivity index (χ0n) is 18.2. The number of hydrogen-bond donors (Lipinski definition) is 2. The Morgan fingerprint density at radius 1 is 1.11 bits per heavy atom. The van der Waals surface area contributed by atoms with Gasteiger partial charge in [0.05, 0.1) is 17.2 Å². The number of anilines is 3. The summed E-state index contributed by atoms with van der Waals surface area (Å²) in [6.07, 6.45) is -2.98. The van der Waals surface area contributed by atoms with Crippen molar-refractivity contribution >= 4 is 29.1 Å². The monoisotopic (exact) mass is 482 g/mol. The fourth-order valence-electron chi connectivity index (χ4n) is 3.56. The van der Waals surface area contributed by atoms with Crippen LogP contribution in [0, 0.1) is 11.3 Å². The number of nitrogens with zero attached hydrogens (tertiary/aromatic N) is 4. The minimum atomic E-state index is -4.73. The van der Waals surface area contributed by atoms with E-state index in [-0.39, 0.29) is 23.3 Å². The fraction of sp³-hybridized carbons (Fsp3) is 0.174. The van der Waals surface area contributed by atoms with E-state index >= 15 is 0 Å². The summed E-state index contributed by atoms with van der Waals surface area (Å²) < 4.78 is 45.4. The van der Waals surface area contributed by atoms with Gasteiger partial charge >= 0.3 is 12.2 Å². The van der Waals surface area contributed by atoms with Gasteiger partial charge in [0.1, 0.15) is 17.9 Å². The first-order valence-electron chi connectivity index (χ1n) is 10.2. The molecule has 1 aliphatic heterocycles. The molecule has 0 atom stereocenters. The summed E-state index contributed by atoms with van der Waals surface area (Å²) in [5, 5.41) is 13.9. The van der Waals surface area contributed by atoms with E-state index in [1.807, 2.05) is 0 Å². The van der Waals surface area contributed by atoms with Gasteiger partial charge in [-0.15, -0.1) is 0 Å². The fourth-order valence-corrected chi connectivity index (χ4v) is 3.56. The van der Waals surface area contributed by atoms with Gasteiger partial charge in [-0.2, -0.15) is 18.4 Å². The number of aromatic nitrogens is 2. The van der Waals surface area contributed by atoms with Gasteiger partial charge < -0.3 is 15.4 Å². The Bertz CT molecular complexity index is 1350. The summed E-state index contributed by atoms with van der Waals surface area (Å²) in [6.45, 7) is 1.66. The van der Waals surface area contributed by atoms with Crippen LogP contribution in [0.1, 0.15) is 23.6 Å². The second-order valence-corrected chi connectivity index (χ2v) is 7.52.